The van der Waals surface area contributed by atoms with Crippen LogP contribution in [-0.2, 0) is 16.0 Å². The number of carbonyl (C=O) groups is 2. The molecule has 36 heavy (non-hydrogen) atoms. The molecule has 1 heterocycles. The van der Waals surface area contributed by atoms with Gasteiger partial charge in [0, 0.05) is 23.0 Å². The molecule has 3 rings (SSSR count). The first-order valence-electron chi connectivity index (χ1n) is 11.7. The summed E-state index contributed by atoms with van der Waals surface area (Å²) < 4.78 is 16.3. The van der Waals surface area contributed by atoms with Gasteiger partial charge < -0.3 is 14.2 Å². The number of nitrogens with zero attached hydrogens (tertiary/aromatic N) is 2. The summed E-state index contributed by atoms with van der Waals surface area (Å²) in [7, 11) is 2.98. The highest BCUT2D eigenvalue weighted by Gasteiger charge is 2.26. The maximum absolute atomic E-state index is 13.4. The second-order valence-electron chi connectivity index (χ2n) is 9.71. The number of aromatic nitrogens is 1. The predicted molar refractivity (Wildman–Crippen MR) is 141 cm³/mol. The zero-order valence-corrected chi connectivity index (χ0v) is 22.3. The van der Waals surface area contributed by atoms with Crippen LogP contribution < -0.4 is 9.64 Å². The fourth-order valence-corrected chi connectivity index (χ4v) is 4.06. The number of aryl methyl sites for hydroxylation is 2. The molecule has 0 atom stereocenters. The number of rotatable bonds is 6. The summed E-state index contributed by atoms with van der Waals surface area (Å²) in [6.07, 6.45) is 1.24. The Morgan fingerprint density at radius 3 is 2.33 bits per heavy atom. The van der Waals surface area contributed by atoms with E-state index >= 15 is 0 Å². The molecule has 2 aromatic carbocycles. The number of hydrogen-bond donors (Lipinski definition) is 0. The van der Waals surface area contributed by atoms with Crippen molar-refractivity contribution in [1.29, 1.82) is 0 Å². The Morgan fingerprint density at radius 1 is 1.00 bits per heavy atom. The maximum Gasteiger partial charge on any atom is 0.415 e. The van der Waals surface area contributed by atoms with Crippen LogP contribution in [0.5, 0.6) is 5.75 Å². The third-order valence-corrected chi connectivity index (χ3v) is 5.69. The monoisotopic (exact) mass is 490 g/mol. The van der Waals surface area contributed by atoms with Crippen molar-refractivity contribution in [3.8, 4) is 16.9 Å². The standard InChI is InChI=1S/C29H34N2O5/c1-18-13-21(23-11-9-10-12-24(23)27(32)35-8)15-22(14-18)31(28(33)36-29(4,5)6)17-25-20(3)26(34-7)19(2)16-30-25/h9-16H,17H2,1-8H3. The van der Waals surface area contributed by atoms with Crippen molar-refractivity contribution < 1.29 is 23.8 Å². The van der Waals surface area contributed by atoms with E-state index in [1.807, 2.05) is 71.9 Å². The summed E-state index contributed by atoms with van der Waals surface area (Å²) in [6.45, 7) is 11.5. The average Bonchev–Trinajstić information content (AvgIpc) is 2.81. The molecule has 1 amide bonds. The number of ether oxygens (including phenoxy) is 3. The molecule has 0 saturated heterocycles. The van der Waals surface area contributed by atoms with Crippen molar-refractivity contribution in [3.05, 3.63) is 76.6 Å². The first-order chi connectivity index (χ1) is 16.9. The van der Waals surface area contributed by atoms with Crippen LogP contribution in [0.25, 0.3) is 11.1 Å². The van der Waals surface area contributed by atoms with Crippen LogP contribution >= 0.6 is 0 Å². The second kappa shape index (κ2) is 10.8. The zero-order valence-electron chi connectivity index (χ0n) is 22.3. The normalized spacial score (nSPS) is 11.1. The molecular formula is C29H34N2O5. The first-order valence-corrected chi connectivity index (χ1v) is 11.7. The minimum Gasteiger partial charge on any atom is -0.496 e. The molecule has 0 N–H and O–H groups in total. The van der Waals surface area contributed by atoms with Crippen LogP contribution in [0.2, 0.25) is 0 Å². The fourth-order valence-electron chi connectivity index (χ4n) is 4.06. The SMILES string of the molecule is COC(=O)c1ccccc1-c1cc(C)cc(N(Cc2ncc(C)c(OC)c2C)C(=O)OC(C)(C)C)c1. The first kappa shape index (κ1) is 26.7. The lowest BCUT2D eigenvalue weighted by atomic mass is 9.97. The Labute approximate surface area is 213 Å². The Bertz CT molecular complexity index is 1280. The van der Waals surface area contributed by atoms with Crippen LogP contribution in [0.4, 0.5) is 10.5 Å². The highest BCUT2D eigenvalue weighted by molar-refractivity contribution is 5.98. The van der Waals surface area contributed by atoms with Crippen molar-refractivity contribution in [2.75, 3.05) is 19.1 Å². The molecule has 190 valence electrons. The van der Waals surface area contributed by atoms with Crippen molar-refractivity contribution in [2.45, 2.75) is 53.7 Å². The molecule has 0 aliphatic rings. The van der Waals surface area contributed by atoms with Crippen LogP contribution in [0.15, 0.2) is 48.7 Å². The molecule has 0 radical (unpaired) electrons. The molecule has 0 bridgehead atoms. The van der Waals surface area contributed by atoms with Gasteiger partial charge in [0.05, 0.1) is 32.0 Å². The Balaban J connectivity index is 2.15. The van der Waals surface area contributed by atoms with Crippen molar-refractivity contribution >= 4 is 17.7 Å². The summed E-state index contributed by atoms with van der Waals surface area (Å²) in [5.74, 6) is 0.310. The Hall–Kier alpha value is -3.87. The van der Waals surface area contributed by atoms with E-state index in [1.54, 1.807) is 30.3 Å². The van der Waals surface area contributed by atoms with Gasteiger partial charge in [-0.15, -0.1) is 0 Å². The van der Waals surface area contributed by atoms with Gasteiger partial charge in [0.2, 0.25) is 0 Å². The molecule has 0 aliphatic carbocycles. The van der Waals surface area contributed by atoms with Gasteiger partial charge in [-0.25, -0.2) is 9.59 Å². The van der Waals surface area contributed by atoms with Crippen LogP contribution in [-0.4, -0.2) is 36.9 Å². The van der Waals surface area contributed by atoms with Gasteiger partial charge in [-0.3, -0.25) is 9.88 Å². The largest absolute Gasteiger partial charge is 0.496 e. The molecule has 0 unspecified atom stereocenters. The topological polar surface area (TPSA) is 78.0 Å². The second-order valence-corrected chi connectivity index (χ2v) is 9.71. The average molecular weight is 491 g/mol. The third-order valence-electron chi connectivity index (χ3n) is 5.69. The lowest BCUT2D eigenvalue weighted by molar-refractivity contribution is 0.0573. The van der Waals surface area contributed by atoms with E-state index in [1.165, 1.54) is 7.11 Å². The third kappa shape index (κ3) is 6.03. The summed E-state index contributed by atoms with van der Waals surface area (Å²) in [4.78, 5) is 32.0. The quantitative estimate of drug-likeness (QED) is 0.372. The van der Waals surface area contributed by atoms with E-state index in [9.17, 15) is 9.59 Å². The van der Waals surface area contributed by atoms with Gasteiger partial charge in [-0.1, -0.05) is 24.3 Å². The van der Waals surface area contributed by atoms with E-state index in [-0.39, 0.29) is 6.54 Å². The number of pyridine rings is 1. The molecule has 0 aliphatic heterocycles. The molecular weight excluding hydrogens is 456 g/mol. The minimum absolute atomic E-state index is 0.179. The van der Waals surface area contributed by atoms with Crippen molar-refractivity contribution in [1.82, 2.24) is 4.98 Å². The fraction of sp³-hybridized carbons (Fsp3) is 0.345. The molecule has 0 spiro atoms. The number of methoxy groups -OCH3 is 2. The summed E-state index contributed by atoms with van der Waals surface area (Å²) in [5, 5.41) is 0. The number of benzene rings is 2. The van der Waals surface area contributed by atoms with Gasteiger partial charge in [0.15, 0.2) is 0 Å². The lowest BCUT2D eigenvalue weighted by Crippen LogP contribution is -2.37. The number of carbonyl (C=O) groups excluding carboxylic acids is 2. The molecule has 7 nitrogen and oxygen atoms in total. The Morgan fingerprint density at radius 2 is 1.69 bits per heavy atom. The van der Waals surface area contributed by atoms with Gasteiger partial charge in [0.1, 0.15) is 11.4 Å². The number of amides is 1. The van der Waals surface area contributed by atoms with E-state index in [0.717, 1.165) is 28.0 Å². The van der Waals surface area contributed by atoms with Crippen molar-refractivity contribution in [3.63, 3.8) is 0 Å². The van der Waals surface area contributed by atoms with E-state index in [4.69, 9.17) is 14.2 Å². The van der Waals surface area contributed by atoms with Gasteiger partial charge in [-0.05, 0) is 76.4 Å². The predicted octanol–water partition coefficient (Wildman–Crippen LogP) is 6.41. The summed E-state index contributed by atoms with van der Waals surface area (Å²) in [6, 6.07) is 13.0. The highest BCUT2D eigenvalue weighted by Crippen LogP contribution is 2.32. The summed E-state index contributed by atoms with van der Waals surface area (Å²) >= 11 is 0. The molecule has 0 saturated carbocycles. The number of anilines is 1. The van der Waals surface area contributed by atoms with Crippen molar-refractivity contribution in [2.24, 2.45) is 0 Å². The highest BCUT2D eigenvalue weighted by atomic mass is 16.6. The lowest BCUT2D eigenvalue weighted by Gasteiger charge is -2.28. The maximum atomic E-state index is 13.4. The minimum atomic E-state index is -0.688. The van der Waals surface area contributed by atoms with E-state index in [0.29, 0.717) is 22.5 Å². The van der Waals surface area contributed by atoms with Crippen LogP contribution in [0.3, 0.4) is 0 Å². The Kier molecular flexibility index (Phi) is 8.03. The molecule has 1 aromatic heterocycles. The molecule has 7 heteroatoms. The van der Waals surface area contributed by atoms with E-state index in [2.05, 4.69) is 4.98 Å². The number of esters is 1. The number of hydrogen-bond acceptors (Lipinski definition) is 6. The van der Waals surface area contributed by atoms with Gasteiger partial charge in [0.25, 0.3) is 0 Å². The van der Waals surface area contributed by atoms with Crippen LogP contribution in [0.1, 0.15) is 53.5 Å². The smallest absolute Gasteiger partial charge is 0.415 e. The zero-order chi connectivity index (χ0) is 26.6. The molecule has 3 aromatic rings. The van der Waals surface area contributed by atoms with Gasteiger partial charge >= 0.3 is 12.1 Å². The molecule has 0 fully saturated rings. The van der Waals surface area contributed by atoms with Gasteiger partial charge in [-0.2, -0.15) is 0 Å². The summed E-state index contributed by atoms with van der Waals surface area (Å²) in [5.41, 5.74) is 5.27. The van der Waals surface area contributed by atoms with Crippen LogP contribution in [0, 0.1) is 20.8 Å². The van der Waals surface area contributed by atoms with E-state index < -0.39 is 17.7 Å².